The molecular weight excluding hydrogens is 267 g/mol. The number of aryl methyl sites for hydroxylation is 3. The maximum atomic E-state index is 13.3. The number of aliphatic hydroxyl groups is 1. The minimum atomic E-state index is -0.803. The zero-order valence-corrected chi connectivity index (χ0v) is 11.9. The number of aromatic nitrogens is 2. The topological polar surface area (TPSA) is 38.1 Å². The molecule has 1 unspecified atom stereocenters. The van der Waals surface area contributed by atoms with E-state index < -0.39 is 6.10 Å². The number of hydrogen-bond donors (Lipinski definition) is 1. The SMILES string of the molecule is Cc1ccc(F)cc1C(O)Cc1c(Cl)c(C)nn1C. The largest absolute Gasteiger partial charge is 0.388 e. The summed E-state index contributed by atoms with van der Waals surface area (Å²) in [5.41, 5.74) is 2.90. The third kappa shape index (κ3) is 2.80. The fourth-order valence-corrected chi connectivity index (χ4v) is 2.40. The summed E-state index contributed by atoms with van der Waals surface area (Å²) in [6.45, 7) is 3.65. The number of rotatable bonds is 3. The molecule has 0 saturated carbocycles. The first-order chi connectivity index (χ1) is 8.90. The van der Waals surface area contributed by atoms with E-state index in [1.165, 1.54) is 12.1 Å². The summed E-state index contributed by atoms with van der Waals surface area (Å²) in [6.07, 6.45) is -0.497. The number of benzene rings is 1. The molecule has 2 aromatic rings. The van der Waals surface area contributed by atoms with Crippen molar-refractivity contribution in [2.75, 3.05) is 0 Å². The molecule has 1 heterocycles. The van der Waals surface area contributed by atoms with Crippen molar-refractivity contribution in [3.05, 3.63) is 51.6 Å². The first-order valence-corrected chi connectivity index (χ1v) is 6.40. The first-order valence-electron chi connectivity index (χ1n) is 6.02. The fraction of sp³-hybridized carbons (Fsp3) is 0.357. The smallest absolute Gasteiger partial charge is 0.123 e. The van der Waals surface area contributed by atoms with Crippen LogP contribution in [-0.2, 0) is 13.5 Å². The van der Waals surface area contributed by atoms with Crippen LogP contribution in [0.3, 0.4) is 0 Å². The van der Waals surface area contributed by atoms with Gasteiger partial charge < -0.3 is 5.11 Å². The second-order valence-electron chi connectivity index (χ2n) is 4.69. The highest BCUT2D eigenvalue weighted by molar-refractivity contribution is 6.31. The summed E-state index contributed by atoms with van der Waals surface area (Å²) in [5, 5.41) is 15.0. The molecule has 1 aromatic carbocycles. The van der Waals surface area contributed by atoms with Crippen molar-refractivity contribution >= 4 is 11.6 Å². The van der Waals surface area contributed by atoms with Crippen LogP contribution < -0.4 is 0 Å². The van der Waals surface area contributed by atoms with Crippen molar-refractivity contribution in [2.24, 2.45) is 7.05 Å². The minimum absolute atomic E-state index is 0.306. The molecule has 3 nitrogen and oxygen atoms in total. The molecule has 0 aliphatic heterocycles. The van der Waals surface area contributed by atoms with Gasteiger partial charge in [-0.1, -0.05) is 17.7 Å². The highest BCUT2D eigenvalue weighted by Gasteiger charge is 2.18. The Bertz CT molecular complexity index is 610. The van der Waals surface area contributed by atoms with Gasteiger partial charge in [-0.25, -0.2) is 4.39 Å². The maximum absolute atomic E-state index is 13.3. The van der Waals surface area contributed by atoms with Crippen molar-refractivity contribution in [2.45, 2.75) is 26.4 Å². The summed E-state index contributed by atoms with van der Waals surface area (Å²) in [4.78, 5) is 0. The molecule has 0 saturated heterocycles. The first kappa shape index (κ1) is 14.0. The highest BCUT2D eigenvalue weighted by Crippen LogP contribution is 2.27. The molecule has 1 aromatic heterocycles. The zero-order chi connectivity index (χ0) is 14.2. The Morgan fingerprint density at radius 3 is 2.68 bits per heavy atom. The van der Waals surface area contributed by atoms with Crippen LogP contribution in [0.4, 0.5) is 4.39 Å². The maximum Gasteiger partial charge on any atom is 0.123 e. The van der Waals surface area contributed by atoms with Crippen LogP contribution in [0, 0.1) is 19.7 Å². The molecule has 5 heteroatoms. The van der Waals surface area contributed by atoms with Gasteiger partial charge in [-0.05, 0) is 37.1 Å². The molecule has 0 radical (unpaired) electrons. The van der Waals surface area contributed by atoms with Gasteiger partial charge in [-0.3, -0.25) is 4.68 Å². The van der Waals surface area contributed by atoms with Gasteiger partial charge in [0.2, 0.25) is 0 Å². The molecular formula is C14H16ClFN2O. The van der Waals surface area contributed by atoms with Gasteiger partial charge in [-0.15, -0.1) is 0 Å². The third-order valence-electron chi connectivity index (χ3n) is 3.25. The minimum Gasteiger partial charge on any atom is -0.388 e. The third-order valence-corrected chi connectivity index (χ3v) is 3.74. The van der Waals surface area contributed by atoms with Gasteiger partial charge in [0.15, 0.2) is 0 Å². The second-order valence-corrected chi connectivity index (χ2v) is 5.07. The zero-order valence-electron chi connectivity index (χ0n) is 11.1. The van der Waals surface area contributed by atoms with E-state index in [1.54, 1.807) is 17.8 Å². The number of aliphatic hydroxyl groups excluding tert-OH is 1. The van der Waals surface area contributed by atoms with Gasteiger partial charge >= 0.3 is 0 Å². The van der Waals surface area contributed by atoms with Gasteiger partial charge in [0.1, 0.15) is 5.82 Å². The summed E-state index contributed by atoms with van der Waals surface area (Å²) >= 11 is 6.15. The monoisotopic (exact) mass is 282 g/mol. The fourth-order valence-electron chi connectivity index (χ4n) is 2.17. The Morgan fingerprint density at radius 1 is 1.42 bits per heavy atom. The van der Waals surface area contributed by atoms with Crippen LogP contribution in [-0.4, -0.2) is 14.9 Å². The lowest BCUT2D eigenvalue weighted by Gasteiger charge is -2.14. The summed E-state index contributed by atoms with van der Waals surface area (Å²) in [5.74, 6) is -0.355. The van der Waals surface area contributed by atoms with Gasteiger partial charge in [0, 0.05) is 13.5 Å². The van der Waals surface area contributed by atoms with Crippen molar-refractivity contribution < 1.29 is 9.50 Å². The van der Waals surface area contributed by atoms with Crippen LogP contribution in [0.1, 0.15) is 28.6 Å². The van der Waals surface area contributed by atoms with Crippen LogP contribution in [0.15, 0.2) is 18.2 Å². The van der Waals surface area contributed by atoms with Crippen molar-refractivity contribution in [1.82, 2.24) is 9.78 Å². The molecule has 102 valence electrons. The molecule has 0 spiro atoms. The highest BCUT2D eigenvalue weighted by atomic mass is 35.5. The molecule has 0 amide bonds. The number of hydrogen-bond acceptors (Lipinski definition) is 2. The quantitative estimate of drug-likeness (QED) is 0.939. The summed E-state index contributed by atoms with van der Waals surface area (Å²) in [6, 6.07) is 4.40. The Balaban J connectivity index is 2.30. The van der Waals surface area contributed by atoms with E-state index in [2.05, 4.69) is 5.10 Å². The molecule has 1 N–H and O–H groups in total. The van der Waals surface area contributed by atoms with E-state index in [-0.39, 0.29) is 5.82 Å². The number of nitrogens with zero attached hydrogens (tertiary/aromatic N) is 2. The molecule has 2 rings (SSSR count). The Kier molecular flexibility index (Phi) is 3.92. The lowest BCUT2D eigenvalue weighted by Crippen LogP contribution is -2.08. The van der Waals surface area contributed by atoms with Gasteiger partial charge in [-0.2, -0.15) is 5.10 Å². The lowest BCUT2D eigenvalue weighted by molar-refractivity contribution is 0.174. The van der Waals surface area contributed by atoms with E-state index in [0.717, 1.165) is 17.0 Å². The summed E-state index contributed by atoms with van der Waals surface area (Å²) < 4.78 is 14.9. The van der Waals surface area contributed by atoms with Crippen LogP contribution >= 0.6 is 11.6 Å². The average molecular weight is 283 g/mol. The summed E-state index contributed by atoms with van der Waals surface area (Å²) in [7, 11) is 1.78. The van der Waals surface area contributed by atoms with E-state index in [0.29, 0.717) is 17.0 Å². The molecule has 0 fully saturated rings. The van der Waals surface area contributed by atoms with E-state index in [4.69, 9.17) is 11.6 Å². The van der Waals surface area contributed by atoms with E-state index in [1.807, 2.05) is 13.8 Å². The standard InChI is InChI=1S/C14H16ClFN2O/c1-8-4-5-10(16)6-11(8)13(19)7-12-14(15)9(2)17-18(12)3/h4-6,13,19H,7H2,1-3H3. The lowest BCUT2D eigenvalue weighted by atomic mass is 9.99. The van der Waals surface area contributed by atoms with Crippen molar-refractivity contribution in [3.63, 3.8) is 0 Å². The number of halogens is 2. The van der Waals surface area contributed by atoms with Gasteiger partial charge in [0.25, 0.3) is 0 Å². The Morgan fingerprint density at radius 2 is 2.11 bits per heavy atom. The van der Waals surface area contributed by atoms with Crippen LogP contribution in [0.25, 0.3) is 0 Å². The molecule has 1 atom stereocenters. The van der Waals surface area contributed by atoms with E-state index >= 15 is 0 Å². The average Bonchev–Trinajstić information content (AvgIpc) is 2.59. The van der Waals surface area contributed by atoms with Crippen molar-refractivity contribution in [3.8, 4) is 0 Å². The predicted molar refractivity (Wildman–Crippen MR) is 72.8 cm³/mol. The van der Waals surface area contributed by atoms with Crippen LogP contribution in [0.2, 0.25) is 5.02 Å². The Labute approximate surface area is 116 Å². The molecule has 19 heavy (non-hydrogen) atoms. The molecule has 0 aliphatic rings. The van der Waals surface area contributed by atoms with Crippen LogP contribution in [0.5, 0.6) is 0 Å². The predicted octanol–water partition coefficient (Wildman–Crippen LogP) is 3.11. The second kappa shape index (κ2) is 5.31. The van der Waals surface area contributed by atoms with Gasteiger partial charge in [0.05, 0.1) is 22.5 Å². The molecule has 0 aliphatic carbocycles. The molecule has 0 bridgehead atoms. The van der Waals surface area contributed by atoms with E-state index in [9.17, 15) is 9.50 Å². The Hall–Kier alpha value is -1.39. The normalized spacial score (nSPS) is 12.7. The van der Waals surface area contributed by atoms with Crippen molar-refractivity contribution in [1.29, 1.82) is 0 Å².